The molecule has 0 atom stereocenters. The van der Waals surface area contributed by atoms with Crippen LogP contribution < -0.4 is 15.4 Å². The van der Waals surface area contributed by atoms with Gasteiger partial charge in [-0.2, -0.15) is 13.2 Å². The molecule has 0 bridgehead atoms. The van der Waals surface area contributed by atoms with Crippen molar-refractivity contribution in [1.82, 2.24) is 5.32 Å². The van der Waals surface area contributed by atoms with E-state index in [0.717, 1.165) is 0 Å². The van der Waals surface area contributed by atoms with Crippen molar-refractivity contribution >= 4 is 17.3 Å². The molecule has 27 heavy (non-hydrogen) atoms. The first-order chi connectivity index (χ1) is 12.7. The van der Waals surface area contributed by atoms with Gasteiger partial charge < -0.3 is 15.4 Å². The first-order valence-electron chi connectivity index (χ1n) is 7.81. The molecule has 0 aliphatic carbocycles. The average molecular weight is 383 g/mol. The molecule has 0 unspecified atom stereocenters. The molecule has 0 saturated heterocycles. The number of ether oxygens (including phenoxy) is 1. The van der Waals surface area contributed by atoms with E-state index in [1.54, 1.807) is 12.1 Å². The second-order valence-electron chi connectivity index (χ2n) is 5.41. The summed E-state index contributed by atoms with van der Waals surface area (Å²) in [6.45, 7) is -0.731. The number of halogens is 3. The molecule has 2 aromatic rings. The second kappa shape index (κ2) is 8.88. The van der Waals surface area contributed by atoms with E-state index in [9.17, 15) is 28.1 Å². The van der Waals surface area contributed by atoms with Gasteiger partial charge in [-0.1, -0.05) is 0 Å². The van der Waals surface area contributed by atoms with Crippen LogP contribution in [0.4, 0.5) is 24.5 Å². The van der Waals surface area contributed by atoms with Gasteiger partial charge in [0.1, 0.15) is 5.75 Å². The lowest BCUT2D eigenvalue weighted by atomic mass is 10.2. The minimum atomic E-state index is -4.42. The van der Waals surface area contributed by atoms with Crippen LogP contribution in [0.5, 0.6) is 5.75 Å². The van der Waals surface area contributed by atoms with Gasteiger partial charge in [0, 0.05) is 36.5 Å². The topological polar surface area (TPSA) is 93.5 Å². The fourth-order valence-electron chi connectivity index (χ4n) is 2.05. The normalized spacial score (nSPS) is 10.9. The number of nitro benzene ring substituents is 1. The highest BCUT2D eigenvalue weighted by Crippen LogP contribution is 2.19. The van der Waals surface area contributed by atoms with E-state index in [4.69, 9.17) is 0 Å². The number of benzene rings is 2. The van der Waals surface area contributed by atoms with Gasteiger partial charge >= 0.3 is 6.18 Å². The molecular weight excluding hydrogens is 367 g/mol. The van der Waals surface area contributed by atoms with E-state index in [1.165, 1.54) is 36.4 Å². The Bertz CT molecular complexity index is 778. The van der Waals surface area contributed by atoms with E-state index in [0.29, 0.717) is 12.2 Å². The lowest BCUT2D eigenvalue weighted by Crippen LogP contribution is -2.28. The summed E-state index contributed by atoms with van der Waals surface area (Å²) in [6.07, 6.45) is -4.42. The van der Waals surface area contributed by atoms with Gasteiger partial charge in [0.25, 0.3) is 11.6 Å². The third-order valence-electron chi connectivity index (χ3n) is 3.34. The van der Waals surface area contributed by atoms with Crippen LogP contribution in [0.25, 0.3) is 0 Å². The predicted octanol–water partition coefficient (Wildman–Crippen LogP) is 3.38. The number of nitrogens with zero attached hydrogens (tertiary/aromatic N) is 1. The Balaban J connectivity index is 1.74. The quantitative estimate of drug-likeness (QED) is 0.414. The van der Waals surface area contributed by atoms with E-state index < -0.39 is 17.7 Å². The summed E-state index contributed by atoms with van der Waals surface area (Å²) in [4.78, 5) is 22.0. The first kappa shape index (κ1) is 20.0. The van der Waals surface area contributed by atoms with Gasteiger partial charge in [-0.05, 0) is 36.4 Å². The molecule has 0 fully saturated rings. The number of hydrogen-bond acceptors (Lipinski definition) is 5. The lowest BCUT2D eigenvalue weighted by molar-refractivity contribution is -0.384. The van der Waals surface area contributed by atoms with E-state index in [2.05, 4.69) is 15.4 Å². The number of hydrogen-bond donors (Lipinski definition) is 2. The number of non-ortho nitro benzene ring substituents is 1. The van der Waals surface area contributed by atoms with Gasteiger partial charge in [-0.15, -0.1) is 0 Å². The zero-order valence-corrected chi connectivity index (χ0v) is 14.0. The van der Waals surface area contributed by atoms with E-state index in [1.807, 2.05) is 0 Å². The molecule has 0 aliphatic heterocycles. The number of anilines is 1. The van der Waals surface area contributed by atoms with Crippen LogP contribution in [-0.4, -0.2) is 36.7 Å². The maximum absolute atomic E-state index is 12.1. The standard InChI is InChI=1S/C17H16F3N3O4/c18-17(19,20)11-27-15-7-1-12(2-8-15)16(24)22-10-9-21-13-3-5-14(6-4-13)23(25)26/h1-8,21H,9-11H2,(H,22,24). The highest BCUT2D eigenvalue weighted by Gasteiger charge is 2.28. The first-order valence-corrected chi connectivity index (χ1v) is 7.81. The summed E-state index contributed by atoms with van der Waals surface area (Å²) in [6, 6.07) is 11.1. The van der Waals surface area contributed by atoms with Crippen LogP contribution in [-0.2, 0) is 0 Å². The van der Waals surface area contributed by atoms with Crippen molar-refractivity contribution in [2.24, 2.45) is 0 Å². The molecule has 10 heteroatoms. The van der Waals surface area contributed by atoms with Crippen molar-refractivity contribution in [1.29, 1.82) is 0 Å². The number of amides is 1. The summed E-state index contributed by atoms with van der Waals surface area (Å²) in [5.74, 6) is -0.369. The van der Waals surface area contributed by atoms with Gasteiger partial charge in [-0.3, -0.25) is 14.9 Å². The number of nitrogens with one attached hydrogen (secondary N) is 2. The Morgan fingerprint density at radius 2 is 1.67 bits per heavy atom. The molecule has 144 valence electrons. The Hall–Kier alpha value is -3.30. The minimum absolute atomic E-state index is 0.0171. The summed E-state index contributed by atoms with van der Waals surface area (Å²) in [7, 11) is 0. The largest absolute Gasteiger partial charge is 0.484 e. The van der Waals surface area contributed by atoms with Gasteiger partial charge in [0.05, 0.1) is 4.92 Å². The monoisotopic (exact) mass is 383 g/mol. The molecule has 0 radical (unpaired) electrons. The summed E-state index contributed by atoms with van der Waals surface area (Å²) in [5, 5.41) is 16.2. The highest BCUT2D eigenvalue weighted by molar-refractivity contribution is 5.94. The fraction of sp³-hybridized carbons (Fsp3) is 0.235. The summed E-state index contributed by atoms with van der Waals surface area (Å²) < 4.78 is 40.8. The maximum Gasteiger partial charge on any atom is 0.422 e. The van der Waals surface area contributed by atoms with Gasteiger partial charge in [0.15, 0.2) is 6.61 Å². The van der Waals surface area contributed by atoms with E-state index >= 15 is 0 Å². The van der Waals surface area contributed by atoms with Gasteiger partial charge in [-0.25, -0.2) is 0 Å². The van der Waals surface area contributed by atoms with Crippen LogP contribution in [0.3, 0.4) is 0 Å². The Morgan fingerprint density at radius 3 is 2.22 bits per heavy atom. The molecule has 0 saturated carbocycles. The SMILES string of the molecule is O=C(NCCNc1ccc([N+](=O)[O-])cc1)c1ccc(OCC(F)(F)F)cc1. The molecule has 7 nitrogen and oxygen atoms in total. The number of carbonyl (C=O) groups is 1. The Labute approximate surface area is 152 Å². The van der Waals surface area contributed by atoms with Crippen molar-refractivity contribution < 1.29 is 27.6 Å². The highest BCUT2D eigenvalue weighted by atomic mass is 19.4. The maximum atomic E-state index is 12.1. The number of rotatable bonds is 8. The van der Waals surface area contributed by atoms with Crippen molar-refractivity contribution in [3.8, 4) is 5.75 Å². The molecule has 0 spiro atoms. The fourth-order valence-corrected chi connectivity index (χ4v) is 2.05. The molecule has 0 aromatic heterocycles. The summed E-state index contributed by atoms with van der Waals surface area (Å²) in [5.41, 5.74) is 0.933. The molecular formula is C17H16F3N3O4. The van der Waals surface area contributed by atoms with Crippen molar-refractivity contribution in [2.45, 2.75) is 6.18 Å². The predicted molar refractivity (Wildman–Crippen MR) is 91.9 cm³/mol. The number of carbonyl (C=O) groups excluding carboxylic acids is 1. The molecule has 1 amide bonds. The van der Waals surface area contributed by atoms with Crippen LogP contribution in [0, 0.1) is 10.1 Å². The van der Waals surface area contributed by atoms with Crippen molar-refractivity contribution in [3.05, 3.63) is 64.2 Å². The molecule has 2 aromatic carbocycles. The third-order valence-corrected chi connectivity index (χ3v) is 3.34. The lowest BCUT2D eigenvalue weighted by Gasteiger charge is -2.10. The van der Waals surface area contributed by atoms with Crippen LogP contribution in [0.15, 0.2) is 48.5 Å². The molecule has 0 aliphatic rings. The van der Waals surface area contributed by atoms with Crippen molar-refractivity contribution in [3.63, 3.8) is 0 Å². The number of alkyl halides is 3. The van der Waals surface area contributed by atoms with Crippen LogP contribution in [0.1, 0.15) is 10.4 Å². The molecule has 2 N–H and O–H groups in total. The van der Waals surface area contributed by atoms with Gasteiger partial charge in [0.2, 0.25) is 0 Å². The van der Waals surface area contributed by atoms with Crippen LogP contribution in [0.2, 0.25) is 0 Å². The zero-order chi connectivity index (χ0) is 19.9. The average Bonchev–Trinajstić information content (AvgIpc) is 2.63. The minimum Gasteiger partial charge on any atom is -0.484 e. The Morgan fingerprint density at radius 1 is 1.04 bits per heavy atom. The zero-order valence-electron chi connectivity index (χ0n) is 14.0. The third kappa shape index (κ3) is 6.84. The smallest absolute Gasteiger partial charge is 0.422 e. The van der Waals surface area contributed by atoms with Crippen molar-refractivity contribution in [2.75, 3.05) is 25.0 Å². The number of nitro groups is 1. The summed E-state index contributed by atoms with van der Waals surface area (Å²) >= 11 is 0. The Kier molecular flexibility index (Phi) is 6.58. The molecule has 0 heterocycles. The van der Waals surface area contributed by atoms with E-state index in [-0.39, 0.29) is 29.5 Å². The second-order valence-corrected chi connectivity index (χ2v) is 5.41. The van der Waals surface area contributed by atoms with Crippen LogP contribution >= 0.6 is 0 Å². The molecule has 2 rings (SSSR count).